The predicted octanol–water partition coefficient (Wildman–Crippen LogP) is 2.05. The molecule has 0 aromatic heterocycles. The third kappa shape index (κ3) is 5.30. The molecule has 0 saturated heterocycles. The van der Waals surface area contributed by atoms with Gasteiger partial charge < -0.3 is 0 Å². The van der Waals surface area contributed by atoms with Crippen molar-refractivity contribution in [2.24, 2.45) is 0 Å². The van der Waals surface area contributed by atoms with Crippen molar-refractivity contribution in [2.45, 2.75) is 6.18 Å². The third-order valence-corrected chi connectivity index (χ3v) is 1.34. The van der Waals surface area contributed by atoms with Gasteiger partial charge in [-0.15, -0.1) is 4.67 Å². The fraction of sp³-hybridized carbons (Fsp3) is 0.500. The van der Waals surface area contributed by atoms with Gasteiger partial charge in [0.15, 0.2) is 0 Å². The van der Waals surface area contributed by atoms with Gasteiger partial charge in [-0.3, -0.25) is 4.89 Å². The average molecular weight is 240 g/mol. The van der Waals surface area contributed by atoms with Gasteiger partial charge in [0.25, 0.3) is 0 Å². The molecule has 1 unspecified atom stereocenters. The standard InChI is InChI=1S/C4H5F4O5P/c1-3(4(5,6)7)2-11-13-14(9,10)12-8/h1-2H2,(H,9,10). The molecule has 1 N–H and O–H groups in total. The Kier molecular flexibility index (Phi) is 4.69. The molecule has 0 aromatic rings. The van der Waals surface area contributed by atoms with Crippen LogP contribution in [-0.2, 0) is 18.9 Å². The van der Waals surface area contributed by atoms with E-state index in [-0.39, 0.29) is 0 Å². The van der Waals surface area contributed by atoms with E-state index in [0.29, 0.717) is 0 Å². The zero-order chi connectivity index (χ0) is 11.4. The zero-order valence-corrected chi connectivity index (χ0v) is 7.35. The van der Waals surface area contributed by atoms with Crippen LogP contribution >= 0.6 is 7.82 Å². The topological polar surface area (TPSA) is 65.0 Å². The summed E-state index contributed by atoms with van der Waals surface area (Å²) in [6, 6.07) is 0. The molecule has 0 radical (unpaired) electrons. The molecule has 0 rings (SSSR count). The van der Waals surface area contributed by atoms with Crippen molar-refractivity contribution in [3.8, 4) is 0 Å². The largest absolute Gasteiger partial charge is 0.530 e. The van der Waals surface area contributed by atoms with Crippen LogP contribution in [0, 0.1) is 0 Å². The second-order valence-electron chi connectivity index (χ2n) is 1.98. The summed E-state index contributed by atoms with van der Waals surface area (Å²) >= 11 is 0. The van der Waals surface area contributed by atoms with Gasteiger partial charge in [-0.2, -0.15) is 13.2 Å². The molecule has 0 saturated carbocycles. The molecular formula is C4H5F4O5P. The Bertz CT molecular complexity index is 251. The summed E-state index contributed by atoms with van der Waals surface area (Å²) < 4.78 is 61.9. The summed E-state index contributed by atoms with van der Waals surface area (Å²) in [6.07, 6.45) is -4.72. The first-order chi connectivity index (χ1) is 6.19. The van der Waals surface area contributed by atoms with Crippen LogP contribution in [0.5, 0.6) is 0 Å². The summed E-state index contributed by atoms with van der Waals surface area (Å²) in [6.45, 7) is 1.30. The molecule has 0 aliphatic heterocycles. The van der Waals surface area contributed by atoms with Crippen molar-refractivity contribution in [1.29, 1.82) is 0 Å². The van der Waals surface area contributed by atoms with Crippen molar-refractivity contribution in [1.82, 2.24) is 0 Å². The molecule has 0 aromatic carbocycles. The Hall–Kier alpha value is -0.470. The lowest BCUT2D eigenvalue weighted by atomic mass is 10.3. The van der Waals surface area contributed by atoms with Gasteiger partial charge in [0.1, 0.15) is 6.61 Å². The Labute approximate surface area is 75.3 Å². The number of hydrogen-bond acceptors (Lipinski definition) is 4. The molecule has 0 bridgehead atoms. The van der Waals surface area contributed by atoms with Gasteiger partial charge in [0, 0.05) is 0 Å². The summed E-state index contributed by atoms with van der Waals surface area (Å²) in [4.78, 5) is 11.7. The predicted molar refractivity (Wildman–Crippen MR) is 34.3 cm³/mol. The summed E-state index contributed by atoms with van der Waals surface area (Å²) in [5.41, 5.74) is -1.36. The molecule has 0 amide bonds. The van der Waals surface area contributed by atoms with Crippen LogP contribution in [0.1, 0.15) is 0 Å². The van der Waals surface area contributed by atoms with Gasteiger partial charge in [-0.05, 0) is 4.53 Å². The Morgan fingerprint density at radius 2 is 2.00 bits per heavy atom. The van der Waals surface area contributed by atoms with Crippen molar-refractivity contribution >= 4 is 7.82 Å². The van der Waals surface area contributed by atoms with E-state index in [9.17, 15) is 22.3 Å². The van der Waals surface area contributed by atoms with Gasteiger partial charge in [-0.1, -0.05) is 11.3 Å². The van der Waals surface area contributed by atoms with Gasteiger partial charge in [-0.25, -0.2) is 9.45 Å². The zero-order valence-electron chi connectivity index (χ0n) is 6.45. The highest BCUT2D eigenvalue weighted by Crippen LogP contribution is 2.43. The maximum Gasteiger partial charge on any atom is 0.530 e. The maximum atomic E-state index is 11.7. The van der Waals surface area contributed by atoms with E-state index in [4.69, 9.17) is 4.89 Å². The maximum absolute atomic E-state index is 11.7. The highest BCUT2D eigenvalue weighted by molar-refractivity contribution is 7.47. The van der Waals surface area contributed by atoms with Crippen LogP contribution < -0.4 is 0 Å². The fourth-order valence-electron chi connectivity index (χ4n) is 0.257. The molecule has 0 spiro atoms. The lowest BCUT2D eigenvalue weighted by Crippen LogP contribution is -2.15. The summed E-state index contributed by atoms with van der Waals surface area (Å²) in [7, 11) is -5.08. The lowest BCUT2D eigenvalue weighted by Gasteiger charge is -2.09. The first kappa shape index (κ1) is 13.5. The van der Waals surface area contributed by atoms with Crippen LogP contribution in [0.25, 0.3) is 0 Å². The second-order valence-corrected chi connectivity index (χ2v) is 3.20. The van der Waals surface area contributed by atoms with Crippen molar-refractivity contribution in [3.63, 3.8) is 0 Å². The molecule has 0 aliphatic carbocycles. The minimum Gasteiger partial charge on any atom is -0.299 e. The van der Waals surface area contributed by atoms with E-state index in [0.717, 1.165) is 0 Å². The van der Waals surface area contributed by atoms with E-state index < -0.39 is 26.2 Å². The van der Waals surface area contributed by atoms with Gasteiger partial charge >= 0.3 is 14.0 Å². The monoisotopic (exact) mass is 240 g/mol. The Morgan fingerprint density at radius 1 is 1.50 bits per heavy atom. The van der Waals surface area contributed by atoms with E-state index in [1.165, 1.54) is 0 Å². The van der Waals surface area contributed by atoms with Gasteiger partial charge in [0.05, 0.1) is 5.57 Å². The third-order valence-electron chi connectivity index (χ3n) is 0.868. The van der Waals surface area contributed by atoms with E-state index >= 15 is 0 Å². The van der Waals surface area contributed by atoms with Crippen molar-refractivity contribution in [3.05, 3.63) is 12.2 Å². The molecule has 14 heavy (non-hydrogen) atoms. The van der Waals surface area contributed by atoms with Crippen LogP contribution in [0.4, 0.5) is 17.7 Å². The minimum atomic E-state index is -5.08. The first-order valence-electron chi connectivity index (χ1n) is 2.88. The SMILES string of the molecule is C=C(COOP(=O)(O)OF)C(F)(F)F. The van der Waals surface area contributed by atoms with Gasteiger partial charge in [0.2, 0.25) is 0 Å². The first-order valence-corrected chi connectivity index (χ1v) is 4.38. The second kappa shape index (κ2) is 4.85. The highest BCUT2D eigenvalue weighted by Gasteiger charge is 2.33. The van der Waals surface area contributed by atoms with E-state index in [2.05, 4.69) is 20.9 Å². The van der Waals surface area contributed by atoms with Crippen molar-refractivity contribution in [2.75, 3.05) is 6.61 Å². The van der Waals surface area contributed by atoms with Crippen LogP contribution in [0.3, 0.4) is 0 Å². The molecule has 0 fully saturated rings. The molecule has 0 heterocycles. The Balaban J connectivity index is 3.88. The van der Waals surface area contributed by atoms with E-state index in [1.54, 1.807) is 0 Å². The van der Waals surface area contributed by atoms with Crippen LogP contribution in [-0.4, -0.2) is 17.7 Å². The normalized spacial score (nSPS) is 16.4. The summed E-state index contributed by atoms with van der Waals surface area (Å²) in [5.74, 6) is 0. The quantitative estimate of drug-likeness (QED) is 0.262. The smallest absolute Gasteiger partial charge is 0.299 e. The van der Waals surface area contributed by atoms with Crippen LogP contribution in [0.2, 0.25) is 0 Å². The number of halogens is 4. The molecule has 84 valence electrons. The highest BCUT2D eigenvalue weighted by atomic mass is 31.2. The number of phosphoric acid groups is 1. The summed E-state index contributed by atoms with van der Waals surface area (Å²) in [5, 5.41) is 0. The van der Waals surface area contributed by atoms with Crippen molar-refractivity contribution < 1.29 is 41.4 Å². The number of rotatable bonds is 5. The minimum absolute atomic E-state index is 1.24. The Morgan fingerprint density at radius 3 is 2.36 bits per heavy atom. The number of hydrogen-bond donors (Lipinski definition) is 1. The molecular weight excluding hydrogens is 235 g/mol. The molecule has 0 aliphatic rings. The number of alkyl halides is 3. The lowest BCUT2D eigenvalue weighted by molar-refractivity contribution is -0.239. The fourth-order valence-corrected chi connectivity index (χ4v) is 0.466. The van der Waals surface area contributed by atoms with Crippen LogP contribution in [0.15, 0.2) is 12.2 Å². The average Bonchev–Trinajstić information content (AvgIpc) is 2.02. The van der Waals surface area contributed by atoms with E-state index in [1.807, 2.05) is 0 Å². The molecule has 1 atom stereocenters. The molecule has 10 heteroatoms. The molecule has 5 nitrogen and oxygen atoms in total.